The number of nitrogens with zero attached hydrogens (tertiary/aromatic N) is 2. The Morgan fingerprint density at radius 3 is 2.55 bits per heavy atom. The molecule has 2 aromatic carbocycles. The lowest BCUT2D eigenvalue weighted by molar-refractivity contribution is -0.274. The molecule has 3 heterocycles. The van der Waals surface area contributed by atoms with E-state index >= 15 is 0 Å². The first kappa shape index (κ1) is 26.5. The molecule has 1 aromatic heterocycles. The van der Waals surface area contributed by atoms with E-state index in [-0.39, 0.29) is 36.1 Å². The van der Waals surface area contributed by atoms with E-state index in [4.69, 9.17) is 14.1 Å². The first-order chi connectivity index (χ1) is 19.3. The van der Waals surface area contributed by atoms with E-state index in [0.717, 1.165) is 56.4 Å². The predicted molar refractivity (Wildman–Crippen MR) is 137 cm³/mol. The highest BCUT2D eigenvalue weighted by atomic mass is 19.4. The van der Waals surface area contributed by atoms with Crippen molar-refractivity contribution < 1.29 is 36.8 Å². The third kappa shape index (κ3) is 6.02. The third-order valence-corrected chi connectivity index (χ3v) is 7.40. The molecule has 2 unspecified atom stereocenters. The molecule has 1 amide bonds. The summed E-state index contributed by atoms with van der Waals surface area (Å²) in [7, 11) is 0. The molecule has 0 spiro atoms. The molecule has 1 aliphatic carbocycles. The summed E-state index contributed by atoms with van der Waals surface area (Å²) in [5.74, 6) is 0.578. The lowest BCUT2D eigenvalue weighted by Crippen LogP contribution is -2.25. The maximum absolute atomic E-state index is 13.1. The molecule has 0 bridgehead atoms. The van der Waals surface area contributed by atoms with Gasteiger partial charge in [-0.15, -0.1) is 18.7 Å². The van der Waals surface area contributed by atoms with Gasteiger partial charge in [-0.05, 0) is 61.9 Å². The van der Waals surface area contributed by atoms with Gasteiger partial charge in [0.05, 0.1) is 12.7 Å². The molecule has 3 fully saturated rings. The zero-order chi connectivity index (χ0) is 27.7. The van der Waals surface area contributed by atoms with Gasteiger partial charge >= 0.3 is 12.5 Å². The van der Waals surface area contributed by atoms with Crippen LogP contribution in [-0.4, -0.2) is 36.8 Å². The fourth-order valence-electron chi connectivity index (χ4n) is 5.23. The Balaban J connectivity index is 1.12. The lowest BCUT2D eigenvalue weighted by Gasteiger charge is -2.23. The Bertz CT molecular complexity index is 1340. The summed E-state index contributed by atoms with van der Waals surface area (Å²) in [6, 6.07) is 13.9. The number of hydroxylamine groups is 1. The van der Waals surface area contributed by atoms with E-state index in [0.29, 0.717) is 17.0 Å². The predicted octanol–water partition coefficient (Wildman–Crippen LogP) is 5.94. The fraction of sp³-hybridized carbons (Fsp3) is 0.429. The van der Waals surface area contributed by atoms with Crippen molar-refractivity contribution in [2.75, 3.05) is 18.0 Å². The van der Waals surface area contributed by atoms with Crippen molar-refractivity contribution in [2.45, 2.75) is 63.3 Å². The standard InChI is InChI=1S/C28H29F3N4O5/c29-28(30,31)38-23-6-2-1-5-21(23)24-22(25(39-33-24)17-7-8-17)16-37-20-4-3-14-35(15-13-20)19-11-9-18(10-12-19)26-32-27(36)40-34-26/h1-2,5-6,9-12,17,20,26,34H,3-4,7-8,13-16H2,(H,32,36). The van der Waals surface area contributed by atoms with Gasteiger partial charge in [0.15, 0.2) is 0 Å². The van der Waals surface area contributed by atoms with Crippen LogP contribution in [0.1, 0.15) is 61.1 Å². The molecule has 1 saturated carbocycles. The highest BCUT2D eigenvalue weighted by molar-refractivity contribution is 5.70. The van der Waals surface area contributed by atoms with Crippen LogP contribution in [0, 0.1) is 0 Å². The molecule has 3 aromatic rings. The van der Waals surface area contributed by atoms with Crippen molar-refractivity contribution in [3.63, 3.8) is 0 Å². The molecule has 9 nitrogen and oxygen atoms in total. The SMILES string of the molecule is O=C1NC(c2ccc(N3CCCC(OCc4c(-c5ccccc5OC(F)(F)F)noc4C4CC4)CC3)cc2)NO1. The Morgan fingerprint density at radius 1 is 1.02 bits per heavy atom. The number of halogens is 3. The minimum Gasteiger partial charge on any atom is -0.405 e. The van der Waals surface area contributed by atoms with Gasteiger partial charge < -0.3 is 23.7 Å². The normalized spacial score (nSPS) is 21.6. The first-order valence-corrected chi connectivity index (χ1v) is 13.4. The molecule has 2 aliphatic heterocycles. The molecule has 2 saturated heterocycles. The summed E-state index contributed by atoms with van der Waals surface area (Å²) in [4.78, 5) is 18.3. The lowest BCUT2D eigenvalue weighted by atomic mass is 10.0. The number of carbonyl (C=O) groups is 1. The molecule has 12 heteroatoms. The summed E-state index contributed by atoms with van der Waals surface area (Å²) in [5, 5.41) is 6.85. The van der Waals surface area contributed by atoms with Crippen LogP contribution in [0.3, 0.4) is 0 Å². The van der Waals surface area contributed by atoms with E-state index < -0.39 is 12.5 Å². The van der Waals surface area contributed by atoms with Crippen molar-refractivity contribution in [1.82, 2.24) is 16.0 Å². The fourth-order valence-corrected chi connectivity index (χ4v) is 5.23. The minimum atomic E-state index is -4.82. The van der Waals surface area contributed by atoms with Crippen LogP contribution in [0.15, 0.2) is 53.1 Å². The number of hydrogen-bond donors (Lipinski definition) is 2. The van der Waals surface area contributed by atoms with Crippen LogP contribution in [-0.2, 0) is 16.2 Å². The van der Waals surface area contributed by atoms with E-state index in [9.17, 15) is 18.0 Å². The van der Waals surface area contributed by atoms with Gasteiger partial charge in [-0.25, -0.2) is 4.79 Å². The quantitative estimate of drug-likeness (QED) is 0.351. The third-order valence-electron chi connectivity index (χ3n) is 7.40. The largest absolute Gasteiger partial charge is 0.573 e. The van der Waals surface area contributed by atoms with Crippen molar-refractivity contribution >= 4 is 11.8 Å². The second-order valence-electron chi connectivity index (χ2n) is 10.2. The van der Waals surface area contributed by atoms with Gasteiger partial charge in [-0.2, -0.15) is 0 Å². The molecule has 6 rings (SSSR count). The summed E-state index contributed by atoms with van der Waals surface area (Å²) >= 11 is 0. The van der Waals surface area contributed by atoms with Gasteiger partial charge in [0.1, 0.15) is 23.4 Å². The smallest absolute Gasteiger partial charge is 0.405 e. The Kier molecular flexibility index (Phi) is 7.28. The number of amides is 1. The number of alkyl halides is 3. The van der Waals surface area contributed by atoms with Crippen LogP contribution >= 0.6 is 0 Å². The van der Waals surface area contributed by atoms with Crippen LogP contribution < -0.4 is 20.4 Å². The molecular formula is C28H29F3N4O5. The monoisotopic (exact) mass is 558 g/mol. The van der Waals surface area contributed by atoms with Crippen molar-refractivity contribution in [3.8, 4) is 17.0 Å². The van der Waals surface area contributed by atoms with Gasteiger partial charge in [-0.3, -0.25) is 5.32 Å². The van der Waals surface area contributed by atoms with Crippen LogP contribution in [0.25, 0.3) is 11.3 Å². The number of anilines is 1. The van der Waals surface area contributed by atoms with Crippen molar-refractivity contribution in [1.29, 1.82) is 0 Å². The number of ether oxygens (including phenoxy) is 2. The highest BCUT2D eigenvalue weighted by Crippen LogP contribution is 2.45. The van der Waals surface area contributed by atoms with Gasteiger partial charge in [0.2, 0.25) is 0 Å². The van der Waals surface area contributed by atoms with Crippen molar-refractivity contribution in [3.05, 3.63) is 65.4 Å². The van der Waals surface area contributed by atoms with Crippen LogP contribution in [0.2, 0.25) is 0 Å². The van der Waals surface area contributed by atoms with E-state index in [1.165, 1.54) is 12.1 Å². The topological polar surface area (TPSA) is 98.1 Å². The molecule has 0 radical (unpaired) electrons. The summed E-state index contributed by atoms with van der Waals surface area (Å²) in [6.07, 6.45) is -1.23. The number of nitrogens with one attached hydrogen (secondary N) is 2. The first-order valence-electron chi connectivity index (χ1n) is 13.4. The molecule has 212 valence electrons. The Morgan fingerprint density at radius 2 is 1.82 bits per heavy atom. The zero-order valence-corrected chi connectivity index (χ0v) is 21.6. The van der Waals surface area contributed by atoms with Crippen LogP contribution in [0.4, 0.5) is 23.7 Å². The average Bonchev–Trinajstić information content (AvgIpc) is 3.62. The van der Waals surface area contributed by atoms with Crippen molar-refractivity contribution in [2.24, 2.45) is 0 Å². The summed E-state index contributed by atoms with van der Waals surface area (Å²) in [6.45, 7) is 1.86. The molecule has 3 aliphatic rings. The van der Waals surface area contributed by atoms with Gasteiger partial charge in [0, 0.05) is 35.8 Å². The molecular weight excluding hydrogens is 529 g/mol. The van der Waals surface area contributed by atoms with E-state index in [1.807, 2.05) is 24.3 Å². The number of aromatic nitrogens is 1. The maximum atomic E-state index is 13.1. The number of carbonyl (C=O) groups excluding carboxylic acids is 1. The number of rotatable bonds is 8. The molecule has 40 heavy (non-hydrogen) atoms. The van der Waals surface area contributed by atoms with Crippen LogP contribution in [0.5, 0.6) is 5.75 Å². The molecule has 2 atom stereocenters. The second kappa shape index (κ2) is 11.0. The number of hydrogen-bond acceptors (Lipinski definition) is 8. The van der Waals surface area contributed by atoms with E-state index in [1.54, 1.807) is 12.1 Å². The maximum Gasteiger partial charge on any atom is 0.573 e. The number of para-hydroxylation sites is 1. The minimum absolute atomic E-state index is 0.0178. The Hall–Kier alpha value is -3.77. The van der Waals surface area contributed by atoms with E-state index in [2.05, 4.69) is 25.6 Å². The Labute approximate surface area is 228 Å². The highest BCUT2D eigenvalue weighted by Gasteiger charge is 2.36. The summed E-state index contributed by atoms with van der Waals surface area (Å²) in [5.41, 5.74) is 5.86. The number of benzene rings is 2. The second-order valence-corrected chi connectivity index (χ2v) is 10.2. The average molecular weight is 559 g/mol. The van der Waals surface area contributed by atoms with Gasteiger partial charge in [-0.1, -0.05) is 29.4 Å². The molecule has 2 N–H and O–H groups in total. The zero-order valence-electron chi connectivity index (χ0n) is 21.6. The summed E-state index contributed by atoms with van der Waals surface area (Å²) < 4.78 is 55.4. The van der Waals surface area contributed by atoms with Gasteiger partial charge in [0.25, 0.3) is 0 Å².